The first-order valence-electron chi connectivity index (χ1n) is 6.23. The smallest absolute Gasteiger partial charge is 0.0416 e. The van der Waals surface area contributed by atoms with Crippen molar-refractivity contribution in [3.8, 4) is 0 Å². The maximum absolute atomic E-state index is 6.16. The van der Waals surface area contributed by atoms with Crippen LogP contribution in [0, 0.1) is 5.41 Å². The predicted molar refractivity (Wildman–Crippen MR) is 72.9 cm³/mol. The first kappa shape index (κ1) is 14.1. The van der Waals surface area contributed by atoms with Gasteiger partial charge in [0.05, 0.1) is 0 Å². The number of hydrogen-bond donors (Lipinski definition) is 1. The lowest BCUT2D eigenvalue weighted by Gasteiger charge is -2.30. The van der Waals surface area contributed by atoms with Crippen LogP contribution in [0.2, 0.25) is 0 Å². The molecule has 0 fully saturated rings. The van der Waals surface area contributed by atoms with Crippen LogP contribution in [0.25, 0.3) is 0 Å². The lowest BCUT2D eigenvalue weighted by Crippen LogP contribution is -2.44. The fourth-order valence-electron chi connectivity index (χ4n) is 1.55. The fraction of sp³-hybridized carbons (Fsp3) is 0.643. The number of rotatable bonds is 5. The highest BCUT2D eigenvalue weighted by molar-refractivity contribution is 5.03. The Labute approximate surface area is 105 Å². The summed E-state index contributed by atoms with van der Waals surface area (Å²) in [6, 6.07) is 6.25. The summed E-state index contributed by atoms with van der Waals surface area (Å²) in [6.07, 6.45) is 2.82. The topological polar surface area (TPSA) is 42.2 Å². The summed E-state index contributed by atoms with van der Waals surface area (Å²) in [5.74, 6) is 0. The Morgan fingerprint density at radius 2 is 2.06 bits per heavy atom. The largest absolute Gasteiger partial charge is 0.326 e. The molecule has 0 spiro atoms. The van der Waals surface area contributed by atoms with Gasteiger partial charge in [-0.25, -0.2) is 0 Å². The summed E-state index contributed by atoms with van der Waals surface area (Å²) in [4.78, 5) is 6.60. The Kier molecular flexibility index (Phi) is 5.09. The molecule has 1 rings (SSSR count). The van der Waals surface area contributed by atoms with E-state index < -0.39 is 0 Å². The van der Waals surface area contributed by atoms with Gasteiger partial charge in [-0.2, -0.15) is 0 Å². The Bertz CT molecular complexity index is 316. The van der Waals surface area contributed by atoms with Crippen LogP contribution in [0.4, 0.5) is 0 Å². The van der Waals surface area contributed by atoms with Crippen LogP contribution in [0.15, 0.2) is 24.4 Å². The first-order chi connectivity index (χ1) is 7.89. The van der Waals surface area contributed by atoms with Gasteiger partial charge in [0.15, 0.2) is 0 Å². The van der Waals surface area contributed by atoms with Crippen molar-refractivity contribution in [3.05, 3.63) is 30.1 Å². The lowest BCUT2D eigenvalue weighted by molar-refractivity contribution is 0.228. The van der Waals surface area contributed by atoms with E-state index in [1.54, 1.807) is 0 Å². The molecule has 2 N–H and O–H groups in total. The third-order valence-electron chi connectivity index (χ3n) is 3.10. The van der Waals surface area contributed by atoms with Gasteiger partial charge in [-0.3, -0.25) is 4.98 Å². The molecule has 1 aromatic heterocycles. The van der Waals surface area contributed by atoms with E-state index in [0.29, 0.717) is 0 Å². The Morgan fingerprint density at radius 1 is 1.35 bits per heavy atom. The number of likely N-dealkylation sites (N-methyl/N-ethyl adjacent to an activating group) is 1. The van der Waals surface area contributed by atoms with Gasteiger partial charge < -0.3 is 10.6 Å². The van der Waals surface area contributed by atoms with Crippen molar-refractivity contribution in [3.63, 3.8) is 0 Å². The van der Waals surface area contributed by atoms with Gasteiger partial charge in [0.1, 0.15) is 0 Å². The first-order valence-corrected chi connectivity index (χ1v) is 6.23. The number of nitrogens with zero attached hydrogens (tertiary/aromatic N) is 2. The van der Waals surface area contributed by atoms with Crippen LogP contribution in [0.5, 0.6) is 0 Å². The Hall–Kier alpha value is -0.930. The van der Waals surface area contributed by atoms with E-state index in [1.807, 2.05) is 18.3 Å². The molecule has 0 radical (unpaired) electrons. The van der Waals surface area contributed by atoms with Crippen LogP contribution in [-0.2, 0) is 6.42 Å². The van der Waals surface area contributed by atoms with Gasteiger partial charge in [0.2, 0.25) is 0 Å². The van der Waals surface area contributed by atoms with Crippen molar-refractivity contribution < 1.29 is 0 Å². The molecular formula is C14H25N3. The highest BCUT2D eigenvalue weighted by Crippen LogP contribution is 2.17. The molecular weight excluding hydrogens is 210 g/mol. The second-order valence-corrected chi connectivity index (χ2v) is 5.81. The molecule has 0 aliphatic rings. The fourth-order valence-corrected chi connectivity index (χ4v) is 1.55. The van der Waals surface area contributed by atoms with Crippen molar-refractivity contribution in [2.45, 2.75) is 33.2 Å². The van der Waals surface area contributed by atoms with E-state index >= 15 is 0 Å². The average molecular weight is 235 g/mol. The molecule has 0 bridgehead atoms. The van der Waals surface area contributed by atoms with Gasteiger partial charge in [0.25, 0.3) is 0 Å². The minimum absolute atomic E-state index is 0.166. The van der Waals surface area contributed by atoms with E-state index in [0.717, 1.165) is 25.2 Å². The summed E-state index contributed by atoms with van der Waals surface area (Å²) in [7, 11) is 2.12. The van der Waals surface area contributed by atoms with Crippen molar-refractivity contribution in [1.82, 2.24) is 9.88 Å². The number of hydrogen-bond acceptors (Lipinski definition) is 3. The van der Waals surface area contributed by atoms with E-state index in [4.69, 9.17) is 5.73 Å². The third-order valence-corrected chi connectivity index (χ3v) is 3.10. The minimum atomic E-state index is 0.166. The Balaban J connectivity index is 2.33. The number of aromatic nitrogens is 1. The molecule has 1 atom stereocenters. The molecule has 0 amide bonds. The second-order valence-electron chi connectivity index (χ2n) is 5.81. The zero-order valence-electron chi connectivity index (χ0n) is 11.5. The number of nitrogens with two attached hydrogens (primary N) is 1. The molecule has 3 nitrogen and oxygen atoms in total. The molecule has 3 heteroatoms. The van der Waals surface area contributed by atoms with E-state index in [2.05, 4.69) is 43.8 Å². The third kappa shape index (κ3) is 5.29. The van der Waals surface area contributed by atoms with Gasteiger partial charge in [-0.05, 0) is 24.6 Å². The number of pyridine rings is 1. The quantitative estimate of drug-likeness (QED) is 0.848. The maximum atomic E-state index is 6.16. The van der Waals surface area contributed by atoms with Crippen LogP contribution in [0.1, 0.15) is 26.5 Å². The SMILES string of the molecule is CN(CCc1ccccn1)CC(N)C(C)(C)C. The summed E-state index contributed by atoms with van der Waals surface area (Å²) in [5.41, 5.74) is 7.47. The van der Waals surface area contributed by atoms with Crippen LogP contribution >= 0.6 is 0 Å². The molecule has 1 aromatic rings. The summed E-state index contributed by atoms with van der Waals surface area (Å²) >= 11 is 0. The highest BCUT2D eigenvalue weighted by atomic mass is 15.1. The van der Waals surface area contributed by atoms with Crippen LogP contribution in [-0.4, -0.2) is 36.1 Å². The second kappa shape index (κ2) is 6.12. The summed E-state index contributed by atoms with van der Waals surface area (Å²) in [5, 5.41) is 0. The standard InChI is InChI=1S/C14H25N3/c1-14(2,3)13(15)11-17(4)10-8-12-7-5-6-9-16-12/h5-7,9,13H,8,10-11,15H2,1-4H3. The van der Waals surface area contributed by atoms with Crippen molar-refractivity contribution >= 4 is 0 Å². The summed E-state index contributed by atoms with van der Waals surface area (Å²) in [6.45, 7) is 8.48. The van der Waals surface area contributed by atoms with Gasteiger partial charge in [0, 0.05) is 37.4 Å². The molecule has 0 aliphatic carbocycles. The molecule has 0 aliphatic heterocycles. The molecule has 0 saturated carbocycles. The normalized spacial score (nSPS) is 14.0. The maximum Gasteiger partial charge on any atom is 0.0416 e. The van der Waals surface area contributed by atoms with Gasteiger partial charge >= 0.3 is 0 Å². The van der Waals surface area contributed by atoms with Crippen molar-refractivity contribution in [1.29, 1.82) is 0 Å². The molecule has 1 unspecified atom stereocenters. The van der Waals surface area contributed by atoms with Crippen LogP contribution < -0.4 is 5.73 Å². The van der Waals surface area contributed by atoms with Crippen molar-refractivity contribution in [2.24, 2.45) is 11.1 Å². The Morgan fingerprint density at radius 3 is 2.59 bits per heavy atom. The van der Waals surface area contributed by atoms with Crippen molar-refractivity contribution in [2.75, 3.05) is 20.1 Å². The lowest BCUT2D eigenvalue weighted by atomic mass is 9.87. The van der Waals surface area contributed by atoms with E-state index in [1.165, 1.54) is 0 Å². The zero-order chi connectivity index (χ0) is 12.9. The monoisotopic (exact) mass is 235 g/mol. The summed E-state index contributed by atoms with van der Waals surface area (Å²) < 4.78 is 0. The average Bonchev–Trinajstić information content (AvgIpc) is 2.26. The predicted octanol–water partition coefficient (Wildman–Crippen LogP) is 1.93. The van der Waals surface area contributed by atoms with Gasteiger partial charge in [-0.1, -0.05) is 26.8 Å². The van der Waals surface area contributed by atoms with E-state index in [9.17, 15) is 0 Å². The van der Waals surface area contributed by atoms with Crippen LogP contribution in [0.3, 0.4) is 0 Å². The molecule has 1 heterocycles. The molecule has 17 heavy (non-hydrogen) atoms. The molecule has 96 valence electrons. The van der Waals surface area contributed by atoms with E-state index in [-0.39, 0.29) is 11.5 Å². The molecule has 0 saturated heterocycles. The van der Waals surface area contributed by atoms with Gasteiger partial charge in [-0.15, -0.1) is 0 Å². The minimum Gasteiger partial charge on any atom is -0.326 e. The highest BCUT2D eigenvalue weighted by Gasteiger charge is 2.21. The molecule has 0 aromatic carbocycles. The zero-order valence-corrected chi connectivity index (χ0v) is 11.5.